The van der Waals surface area contributed by atoms with E-state index >= 15 is 0 Å². The summed E-state index contributed by atoms with van der Waals surface area (Å²) in [5.41, 5.74) is 4.23. The highest BCUT2D eigenvalue weighted by molar-refractivity contribution is 5.27. The fourth-order valence-electron chi connectivity index (χ4n) is 1.96. The SMILES string of the molecule is Cc1ccc(F)c(C(Cc2nccn2C)NN)c1. The standard InChI is InChI=1S/C13H17FN4/c1-9-3-4-11(14)10(7-9)12(17-15)8-13-16-5-6-18(13)2/h3-7,12,17H,8,15H2,1-2H3. The van der Waals surface area contributed by atoms with Gasteiger partial charge in [-0.15, -0.1) is 0 Å². The van der Waals surface area contributed by atoms with Gasteiger partial charge in [-0.1, -0.05) is 17.7 Å². The second-order valence-corrected chi connectivity index (χ2v) is 4.40. The number of hydrazine groups is 1. The van der Waals surface area contributed by atoms with Crippen LogP contribution in [0.2, 0.25) is 0 Å². The number of nitrogens with two attached hydrogens (primary N) is 1. The van der Waals surface area contributed by atoms with Gasteiger partial charge in [0, 0.05) is 31.4 Å². The zero-order valence-corrected chi connectivity index (χ0v) is 10.5. The Morgan fingerprint density at radius 1 is 1.50 bits per heavy atom. The van der Waals surface area contributed by atoms with Gasteiger partial charge in [-0.05, 0) is 13.0 Å². The van der Waals surface area contributed by atoms with E-state index in [1.165, 1.54) is 6.07 Å². The first-order valence-electron chi connectivity index (χ1n) is 5.80. The number of nitrogens with one attached hydrogen (secondary N) is 1. The molecule has 0 aliphatic rings. The maximum Gasteiger partial charge on any atom is 0.128 e. The van der Waals surface area contributed by atoms with Crippen molar-refractivity contribution in [2.24, 2.45) is 12.9 Å². The Bertz CT molecular complexity index is 536. The van der Waals surface area contributed by atoms with E-state index in [2.05, 4.69) is 10.4 Å². The summed E-state index contributed by atoms with van der Waals surface area (Å²) in [6.07, 6.45) is 4.12. The van der Waals surface area contributed by atoms with Crippen molar-refractivity contribution in [2.75, 3.05) is 0 Å². The van der Waals surface area contributed by atoms with Crippen LogP contribution >= 0.6 is 0 Å². The monoisotopic (exact) mass is 248 g/mol. The van der Waals surface area contributed by atoms with E-state index in [1.54, 1.807) is 12.3 Å². The second-order valence-electron chi connectivity index (χ2n) is 4.40. The van der Waals surface area contributed by atoms with Gasteiger partial charge in [0.1, 0.15) is 11.6 Å². The Hall–Kier alpha value is -1.72. The molecule has 0 spiro atoms. The molecule has 3 N–H and O–H groups in total. The Balaban J connectivity index is 2.28. The first kappa shape index (κ1) is 12.7. The molecule has 1 aromatic heterocycles. The zero-order valence-electron chi connectivity index (χ0n) is 10.5. The maximum absolute atomic E-state index is 13.8. The van der Waals surface area contributed by atoms with Crippen molar-refractivity contribution in [3.05, 3.63) is 53.4 Å². The molecule has 96 valence electrons. The number of benzene rings is 1. The number of imidazole rings is 1. The largest absolute Gasteiger partial charge is 0.338 e. The fraction of sp³-hybridized carbons (Fsp3) is 0.308. The summed E-state index contributed by atoms with van der Waals surface area (Å²) in [7, 11) is 1.91. The van der Waals surface area contributed by atoms with Crippen molar-refractivity contribution in [3.8, 4) is 0 Å². The average Bonchev–Trinajstić information content (AvgIpc) is 2.75. The van der Waals surface area contributed by atoms with E-state index in [-0.39, 0.29) is 11.9 Å². The van der Waals surface area contributed by atoms with Crippen LogP contribution in [0.4, 0.5) is 4.39 Å². The molecule has 1 atom stereocenters. The molecule has 0 aliphatic carbocycles. The lowest BCUT2D eigenvalue weighted by Gasteiger charge is -2.17. The molecular weight excluding hydrogens is 231 g/mol. The number of nitrogens with zero attached hydrogens (tertiary/aromatic N) is 2. The zero-order chi connectivity index (χ0) is 13.1. The molecule has 0 amide bonds. The minimum absolute atomic E-state index is 0.252. The molecule has 5 heteroatoms. The summed E-state index contributed by atoms with van der Waals surface area (Å²) < 4.78 is 15.7. The minimum Gasteiger partial charge on any atom is -0.338 e. The van der Waals surface area contributed by atoms with E-state index in [9.17, 15) is 4.39 Å². The molecule has 4 nitrogen and oxygen atoms in total. The third kappa shape index (κ3) is 2.57. The van der Waals surface area contributed by atoms with E-state index in [4.69, 9.17) is 5.84 Å². The number of hydrogen-bond acceptors (Lipinski definition) is 3. The summed E-state index contributed by atoms with van der Waals surface area (Å²) in [5.74, 6) is 6.14. The van der Waals surface area contributed by atoms with Gasteiger partial charge in [0.05, 0.1) is 6.04 Å². The van der Waals surface area contributed by atoms with Crippen LogP contribution < -0.4 is 11.3 Å². The lowest BCUT2D eigenvalue weighted by Crippen LogP contribution is -2.31. The van der Waals surface area contributed by atoms with Gasteiger partial charge >= 0.3 is 0 Å². The van der Waals surface area contributed by atoms with Gasteiger partial charge in [0.15, 0.2) is 0 Å². The third-order valence-corrected chi connectivity index (χ3v) is 3.04. The summed E-state index contributed by atoms with van der Waals surface area (Å²) in [5, 5.41) is 0. The average molecular weight is 248 g/mol. The molecule has 0 fully saturated rings. The minimum atomic E-state index is -0.286. The summed E-state index contributed by atoms with van der Waals surface area (Å²) in [4.78, 5) is 4.23. The van der Waals surface area contributed by atoms with Crippen molar-refractivity contribution in [2.45, 2.75) is 19.4 Å². The van der Waals surface area contributed by atoms with Gasteiger partial charge < -0.3 is 4.57 Å². The first-order valence-corrected chi connectivity index (χ1v) is 5.80. The molecule has 1 unspecified atom stereocenters. The maximum atomic E-state index is 13.8. The molecule has 0 saturated carbocycles. The van der Waals surface area contributed by atoms with Crippen LogP contribution in [0.5, 0.6) is 0 Å². The highest BCUT2D eigenvalue weighted by atomic mass is 19.1. The van der Waals surface area contributed by atoms with E-state index < -0.39 is 0 Å². The van der Waals surface area contributed by atoms with Gasteiger partial charge in [-0.25, -0.2) is 9.37 Å². The highest BCUT2D eigenvalue weighted by Gasteiger charge is 2.17. The fourth-order valence-corrected chi connectivity index (χ4v) is 1.96. The molecule has 1 heterocycles. The molecule has 0 bridgehead atoms. The first-order chi connectivity index (χ1) is 8.61. The van der Waals surface area contributed by atoms with Gasteiger partial charge in [-0.3, -0.25) is 11.3 Å². The van der Waals surface area contributed by atoms with Crippen molar-refractivity contribution in [3.63, 3.8) is 0 Å². The number of rotatable bonds is 4. The molecule has 2 rings (SSSR count). The molecule has 2 aromatic rings. The predicted molar refractivity (Wildman–Crippen MR) is 68.1 cm³/mol. The van der Waals surface area contributed by atoms with Crippen molar-refractivity contribution < 1.29 is 4.39 Å². The van der Waals surface area contributed by atoms with Crippen LogP contribution in [0.25, 0.3) is 0 Å². The van der Waals surface area contributed by atoms with E-state index in [1.807, 2.05) is 30.8 Å². The third-order valence-electron chi connectivity index (χ3n) is 3.04. The Labute approximate surface area is 106 Å². The normalized spacial score (nSPS) is 12.7. The van der Waals surface area contributed by atoms with Gasteiger partial charge in [0.2, 0.25) is 0 Å². The van der Waals surface area contributed by atoms with Crippen LogP contribution in [0.1, 0.15) is 23.0 Å². The summed E-state index contributed by atoms with van der Waals surface area (Å²) >= 11 is 0. The van der Waals surface area contributed by atoms with Crippen LogP contribution in [-0.2, 0) is 13.5 Å². The van der Waals surface area contributed by atoms with Crippen molar-refractivity contribution in [1.29, 1.82) is 0 Å². The van der Waals surface area contributed by atoms with Crippen molar-refractivity contribution >= 4 is 0 Å². The Kier molecular flexibility index (Phi) is 3.74. The lowest BCUT2D eigenvalue weighted by molar-refractivity contribution is 0.496. The molecule has 18 heavy (non-hydrogen) atoms. The highest BCUT2D eigenvalue weighted by Crippen LogP contribution is 2.21. The van der Waals surface area contributed by atoms with Crippen LogP contribution in [0.15, 0.2) is 30.6 Å². The second kappa shape index (κ2) is 5.29. The molecule has 0 radical (unpaired) electrons. The molecule has 0 aliphatic heterocycles. The number of hydrogen-bond donors (Lipinski definition) is 2. The summed E-state index contributed by atoms with van der Waals surface area (Å²) in [6, 6.07) is 4.73. The van der Waals surface area contributed by atoms with Crippen LogP contribution in [0.3, 0.4) is 0 Å². The number of aromatic nitrogens is 2. The number of halogens is 1. The van der Waals surface area contributed by atoms with Gasteiger partial charge in [-0.2, -0.15) is 0 Å². The van der Waals surface area contributed by atoms with Crippen LogP contribution in [-0.4, -0.2) is 9.55 Å². The molecular formula is C13H17FN4. The van der Waals surface area contributed by atoms with Gasteiger partial charge in [0.25, 0.3) is 0 Å². The molecule has 0 saturated heterocycles. The number of aryl methyl sites for hydroxylation is 2. The quantitative estimate of drug-likeness (QED) is 0.638. The topological polar surface area (TPSA) is 55.9 Å². The summed E-state index contributed by atoms with van der Waals surface area (Å²) in [6.45, 7) is 1.93. The smallest absolute Gasteiger partial charge is 0.128 e. The van der Waals surface area contributed by atoms with E-state index in [0.29, 0.717) is 12.0 Å². The van der Waals surface area contributed by atoms with E-state index in [0.717, 1.165) is 11.4 Å². The Morgan fingerprint density at radius 2 is 2.28 bits per heavy atom. The lowest BCUT2D eigenvalue weighted by atomic mass is 10.0. The Morgan fingerprint density at radius 3 is 2.89 bits per heavy atom. The predicted octanol–water partition coefficient (Wildman–Crippen LogP) is 1.61. The molecule has 1 aromatic carbocycles. The van der Waals surface area contributed by atoms with Crippen LogP contribution in [0, 0.1) is 12.7 Å². The van der Waals surface area contributed by atoms with Crippen molar-refractivity contribution in [1.82, 2.24) is 15.0 Å².